The van der Waals surface area contributed by atoms with Gasteiger partial charge in [-0.3, -0.25) is 9.59 Å². The first kappa shape index (κ1) is 30.3. The normalized spacial score (nSPS) is 14.3. The molecule has 3 aliphatic rings. The third-order valence-corrected chi connectivity index (χ3v) is 12.2. The molecule has 0 saturated carbocycles. The van der Waals surface area contributed by atoms with Crippen LogP contribution in [0.15, 0.2) is 151 Å². The van der Waals surface area contributed by atoms with Gasteiger partial charge in [-0.2, -0.15) is 0 Å². The number of para-hydroxylation sites is 2. The predicted octanol–water partition coefficient (Wildman–Crippen LogP) is 12.3. The van der Waals surface area contributed by atoms with E-state index in [1.807, 2.05) is 12.1 Å². The molecule has 10 rings (SSSR count). The fourth-order valence-electron chi connectivity index (χ4n) is 8.29. The minimum atomic E-state index is -0.603. The van der Waals surface area contributed by atoms with Crippen LogP contribution in [0.2, 0.25) is 10.0 Å². The first-order valence-corrected chi connectivity index (χ1v) is 18.2. The number of ketones is 2. The molecule has 0 radical (unpaired) electrons. The van der Waals surface area contributed by atoms with Gasteiger partial charge in [-0.15, -0.1) is 11.3 Å². The van der Waals surface area contributed by atoms with E-state index >= 15 is 0 Å². The molecule has 0 N–H and O–H groups in total. The Bertz CT molecular complexity index is 2530. The highest BCUT2D eigenvalue weighted by Gasteiger charge is 2.53. The van der Waals surface area contributed by atoms with Crippen LogP contribution in [0.25, 0.3) is 27.6 Å². The average Bonchev–Trinajstić information content (AvgIpc) is 3.85. The van der Waals surface area contributed by atoms with Crippen molar-refractivity contribution in [1.82, 2.24) is 0 Å². The molecule has 51 heavy (non-hydrogen) atoms. The number of halogens is 2. The molecular formula is C45H25Cl2NO2S. The molecule has 3 nitrogen and oxygen atoms in total. The van der Waals surface area contributed by atoms with E-state index in [-0.39, 0.29) is 27.2 Å². The maximum atomic E-state index is 13.6. The SMILES string of the molecule is O=C1C(=Cc2cc3c(s2)-c2ccc(N(c4ccccc4)c4ccccc4)cc2C32c3ccccc3-c3ccccc32)C(=O)c2cc(Cl)c(Cl)cc21. The summed E-state index contributed by atoms with van der Waals surface area (Å²) in [7, 11) is 0. The van der Waals surface area contributed by atoms with Crippen molar-refractivity contribution >= 4 is 69.2 Å². The zero-order chi connectivity index (χ0) is 34.4. The van der Waals surface area contributed by atoms with Gasteiger partial charge in [0.1, 0.15) is 0 Å². The van der Waals surface area contributed by atoms with E-state index in [1.165, 1.54) is 39.9 Å². The molecule has 6 heteroatoms. The Labute approximate surface area is 308 Å². The summed E-state index contributed by atoms with van der Waals surface area (Å²) in [5.74, 6) is -0.666. The Hall–Kier alpha value is -5.52. The van der Waals surface area contributed by atoms with Crippen molar-refractivity contribution in [3.63, 3.8) is 0 Å². The average molecular weight is 715 g/mol. The number of hydrogen-bond acceptors (Lipinski definition) is 4. The second-order valence-electron chi connectivity index (χ2n) is 13.0. The number of nitrogens with zero attached hydrogens (tertiary/aromatic N) is 1. The maximum Gasteiger partial charge on any atom is 0.197 e. The summed E-state index contributed by atoms with van der Waals surface area (Å²) in [6.45, 7) is 0. The minimum Gasteiger partial charge on any atom is -0.310 e. The van der Waals surface area contributed by atoms with Gasteiger partial charge < -0.3 is 4.90 Å². The summed E-state index contributed by atoms with van der Waals surface area (Å²) in [5, 5.41) is 0.505. The first-order chi connectivity index (χ1) is 24.9. The Morgan fingerprint density at radius 1 is 0.490 bits per heavy atom. The van der Waals surface area contributed by atoms with Crippen LogP contribution in [0.5, 0.6) is 0 Å². The first-order valence-electron chi connectivity index (χ1n) is 16.6. The van der Waals surface area contributed by atoms with Crippen LogP contribution in [0, 0.1) is 0 Å². The van der Waals surface area contributed by atoms with Crippen LogP contribution in [0.1, 0.15) is 47.8 Å². The molecule has 0 unspecified atom stereocenters. The summed E-state index contributed by atoms with van der Waals surface area (Å²) >= 11 is 14.1. The zero-order valence-electron chi connectivity index (χ0n) is 26.9. The van der Waals surface area contributed by atoms with E-state index in [0.29, 0.717) is 11.1 Å². The van der Waals surface area contributed by atoms with Crippen molar-refractivity contribution in [3.8, 4) is 21.6 Å². The number of allylic oxidation sites excluding steroid dienone is 1. The topological polar surface area (TPSA) is 37.4 Å². The fourth-order valence-corrected chi connectivity index (χ4v) is 9.82. The number of carbonyl (C=O) groups excluding carboxylic acids is 2. The third kappa shape index (κ3) is 4.25. The molecule has 242 valence electrons. The van der Waals surface area contributed by atoms with Crippen LogP contribution >= 0.6 is 34.5 Å². The lowest BCUT2D eigenvalue weighted by atomic mass is 9.71. The van der Waals surface area contributed by atoms with Gasteiger partial charge in [0, 0.05) is 37.9 Å². The smallest absolute Gasteiger partial charge is 0.197 e. The summed E-state index contributed by atoms with van der Waals surface area (Å²) in [4.78, 5) is 31.4. The molecule has 0 bridgehead atoms. The molecule has 7 aromatic rings. The number of anilines is 3. The van der Waals surface area contributed by atoms with Gasteiger partial charge in [-0.05, 0) is 99.6 Å². The van der Waals surface area contributed by atoms with Gasteiger partial charge in [0.15, 0.2) is 11.6 Å². The summed E-state index contributed by atoms with van der Waals surface area (Å²) in [6.07, 6.45) is 1.75. The lowest BCUT2D eigenvalue weighted by molar-refractivity contribution is 0.0990. The molecule has 0 aliphatic heterocycles. The van der Waals surface area contributed by atoms with Crippen LogP contribution < -0.4 is 4.90 Å². The van der Waals surface area contributed by atoms with Crippen molar-refractivity contribution in [2.75, 3.05) is 4.90 Å². The number of Topliss-reactive ketones (excluding diaryl/α,β-unsaturated/α-hetero) is 2. The molecular weight excluding hydrogens is 689 g/mol. The molecule has 0 saturated heterocycles. The van der Waals surface area contributed by atoms with Crippen LogP contribution in [0.3, 0.4) is 0 Å². The molecule has 1 spiro atoms. The van der Waals surface area contributed by atoms with E-state index in [2.05, 4.69) is 126 Å². The number of rotatable bonds is 4. The predicted molar refractivity (Wildman–Crippen MR) is 208 cm³/mol. The third-order valence-electron chi connectivity index (χ3n) is 10.4. The van der Waals surface area contributed by atoms with Gasteiger partial charge >= 0.3 is 0 Å². The largest absolute Gasteiger partial charge is 0.310 e. The zero-order valence-corrected chi connectivity index (χ0v) is 29.2. The fraction of sp³-hybridized carbons (Fsp3) is 0.0222. The number of fused-ring (bicyclic) bond motifs is 11. The van der Waals surface area contributed by atoms with Crippen molar-refractivity contribution in [1.29, 1.82) is 0 Å². The van der Waals surface area contributed by atoms with Crippen LogP contribution in [-0.2, 0) is 5.41 Å². The van der Waals surface area contributed by atoms with Crippen molar-refractivity contribution in [2.24, 2.45) is 0 Å². The minimum absolute atomic E-state index is 0.126. The monoisotopic (exact) mass is 713 g/mol. The van der Waals surface area contributed by atoms with E-state index in [4.69, 9.17) is 23.2 Å². The van der Waals surface area contributed by atoms with Gasteiger partial charge in [-0.1, -0.05) is 114 Å². The van der Waals surface area contributed by atoms with E-state index in [1.54, 1.807) is 17.4 Å². The van der Waals surface area contributed by atoms with Gasteiger partial charge in [0.05, 0.1) is 21.0 Å². The molecule has 1 aromatic heterocycles. The second-order valence-corrected chi connectivity index (χ2v) is 14.9. The highest BCUT2D eigenvalue weighted by Crippen LogP contribution is 2.65. The van der Waals surface area contributed by atoms with Gasteiger partial charge in [0.25, 0.3) is 0 Å². The standard InChI is InChI=1S/C45H25Cl2NO2S/c46-40-24-33-34(25-41(40)47)43(50)35(42(33)49)22-29-23-39-44(51-29)32-20-19-28(48(26-11-3-1-4-12-26)27-13-5-2-6-14-27)21-38(32)45(39)36-17-9-7-15-30(36)31-16-8-10-18-37(31)45/h1-25H. The molecule has 6 aromatic carbocycles. The number of benzene rings is 6. The van der Waals surface area contributed by atoms with Crippen molar-refractivity contribution in [2.45, 2.75) is 5.41 Å². The highest BCUT2D eigenvalue weighted by atomic mass is 35.5. The summed E-state index contributed by atoms with van der Waals surface area (Å²) in [5.41, 5.74) is 11.6. The highest BCUT2D eigenvalue weighted by molar-refractivity contribution is 7.16. The van der Waals surface area contributed by atoms with Crippen LogP contribution in [0.4, 0.5) is 17.1 Å². The molecule has 3 aliphatic carbocycles. The van der Waals surface area contributed by atoms with E-state index in [9.17, 15) is 9.59 Å². The Morgan fingerprint density at radius 2 is 1.02 bits per heavy atom. The Morgan fingerprint density at radius 3 is 1.59 bits per heavy atom. The van der Waals surface area contributed by atoms with Crippen molar-refractivity contribution in [3.05, 3.63) is 199 Å². The van der Waals surface area contributed by atoms with Crippen LogP contribution in [-0.4, -0.2) is 11.6 Å². The molecule has 0 amide bonds. The maximum absolute atomic E-state index is 13.6. The van der Waals surface area contributed by atoms with Crippen molar-refractivity contribution < 1.29 is 9.59 Å². The quantitative estimate of drug-likeness (QED) is 0.135. The lowest BCUT2D eigenvalue weighted by Crippen LogP contribution is -2.26. The molecule has 1 heterocycles. The Kier molecular flexibility index (Phi) is 6.68. The number of hydrogen-bond donors (Lipinski definition) is 0. The lowest BCUT2D eigenvalue weighted by Gasteiger charge is -2.32. The van der Waals surface area contributed by atoms with E-state index in [0.717, 1.165) is 37.9 Å². The van der Waals surface area contributed by atoms with E-state index < -0.39 is 5.41 Å². The van der Waals surface area contributed by atoms with Gasteiger partial charge in [0.2, 0.25) is 0 Å². The summed E-state index contributed by atoms with van der Waals surface area (Å²) in [6, 6.07) is 50.2. The number of thiophene rings is 1. The molecule has 0 atom stereocenters. The Balaban J connectivity index is 1.21. The molecule has 0 fully saturated rings. The number of carbonyl (C=O) groups is 2. The summed E-state index contributed by atoms with van der Waals surface area (Å²) < 4.78 is 0. The van der Waals surface area contributed by atoms with Gasteiger partial charge in [-0.25, -0.2) is 0 Å². The second kappa shape index (κ2) is 11.2.